The highest BCUT2D eigenvalue weighted by Gasteiger charge is 2.25. The molecule has 6 heteroatoms. The Morgan fingerprint density at radius 1 is 1.10 bits per heavy atom. The summed E-state index contributed by atoms with van der Waals surface area (Å²) in [5, 5.41) is 7.98. The standard InChI is InChI=1S/C15H16ClN3O2/c1-15(2,3)21-14(20)19(11-7-5-4-6-8-11)13-10-9-12(16)17-18-13/h4-10H,1-3H3. The first-order valence-corrected chi connectivity index (χ1v) is 6.82. The van der Waals surface area contributed by atoms with Crippen molar-refractivity contribution in [3.05, 3.63) is 47.6 Å². The minimum absolute atomic E-state index is 0.260. The summed E-state index contributed by atoms with van der Waals surface area (Å²) in [6, 6.07) is 12.3. The quantitative estimate of drug-likeness (QED) is 0.834. The van der Waals surface area contributed by atoms with Crippen molar-refractivity contribution in [2.24, 2.45) is 0 Å². The van der Waals surface area contributed by atoms with E-state index in [0.717, 1.165) is 0 Å². The van der Waals surface area contributed by atoms with Crippen molar-refractivity contribution in [1.82, 2.24) is 10.2 Å². The van der Waals surface area contributed by atoms with E-state index in [1.54, 1.807) is 24.3 Å². The SMILES string of the molecule is CC(C)(C)OC(=O)N(c1ccccc1)c1ccc(Cl)nn1. The van der Waals surface area contributed by atoms with Crippen molar-refractivity contribution in [2.45, 2.75) is 26.4 Å². The van der Waals surface area contributed by atoms with E-state index in [0.29, 0.717) is 11.5 Å². The Labute approximate surface area is 128 Å². The second-order valence-corrected chi connectivity index (χ2v) is 5.75. The summed E-state index contributed by atoms with van der Waals surface area (Å²) in [4.78, 5) is 13.8. The van der Waals surface area contributed by atoms with E-state index in [2.05, 4.69) is 10.2 Å². The molecule has 1 amide bonds. The molecule has 0 spiro atoms. The van der Waals surface area contributed by atoms with E-state index in [9.17, 15) is 4.79 Å². The van der Waals surface area contributed by atoms with Gasteiger partial charge >= 0.3 is 6.09 Å². The van der Waals surface area contributed by atoms with Crippen LogP contribution in [0.5, 0.6) is 0 Å². The molecule has 1 heterocycles. The lowest BCUT2D eigenvalue weighted by atomic mass is 10.2. The molecule has 2 rings (SSSR count). The van der Waals surface area contributed by atoms with Crippen LogP contribution in [0.15, 0.2) is 42.5 Å². The van der Waals surface area contributed by atoms with Crippen LogP contribution in [0.1, 0.15) is 20.8 Å². The Balaban J connectivity index is 2.40. The molecule has 0 saturated heterocycles. The predicted octanol–water partition coefficient (Wildman–Crippen LogP) is 4.20. The fraction of sp³-hybridized carbons (Fsp3) is 0.267. The molecule has 0 bridgehead atoms. The molecule has 0 N–H and O–H groups in total. The molecule has 0 fully saturated rings. The van der Waals surface area contributed by atoms with Crippen LogP contribution in [-0.2, 0) is 4.74 Å². The zero-order chi connectivity index (χ0) is 15.5. The van der Waals surface area contributed by atoms with Crippen LogP contribution >= 0.6 is 11.6 Å². The van der Waals surface area contributed by atoms with Crippen LogP contribution in [-0.4, -0.2) is 21.9 Å². The van der Waals surface area contributed by atoms with Crippen molar-refractivity contribution in [2.75, 3.05) is 4.90 Å². The Hall–Kier alpha value is -2.14. The summed E-state index contributed by atoms with van der Waals surface area (Å²) < 4.78 is 5.43. The molecule has 110 valence electrons. The Morgan fingerprint density at radius 3 is 2.29 bits per heavy atom. The first kappa shape index (κ1) is 15.3. The third kappa shape index (κ3) is 4.16. The number of halogens is 1. The largest absolute Gasteiger partial charge is 0.443 e. The summed E-state index contributed by atoms with van der Waals surface area (Å²) >= 11 is 5.74. The van der Waals surface area contributed by atoms with Crippen molar-refractivity contribution in [1.29, 1.82) is 0 Å². The number of aromatic nitrogens is 2. The van der Waals surface area contributed by atoms with E-state index >= 15 is 0 Å². The minimum atomic E-state index is -0.607. The van der Waals surface area contributed by atoms with Crippen molar-refractivity contribution >= 4 is 29.2 Å². The zero-order valence-electron chi connectivity index (χ0n) is 12.1. The third-order valence-electron chi connectivity index (χ3n) is 2.44. The molecule has 0 atom stereocenters. The first-order valence-electron chi connectivity index (χ1n) is 6.44. The van der Waals surface area contributed by atoms with Gasteiger partial charge in [-0.2, -0.15) is 0 Å². The lowest BCUT2D eigenvalue weighted by molar-refractivity contribution is 0.0598. The number of anilines is 2. The van der Waals surface area contributed by atoms with Gasteiger partial charge < -0.3 is 4.74 Å². The number of ether oxygens (including phenoxy) is 1. The summed E-state index contributed by atoms with van der Waals surface area (Å²) in [5.74, 6) is 0.347. The summed E-state index contributed by atoms with van der Waals surface area (Å²) in [6.45, 7) is 5.42. The average Bonchev–Trinajstić information content (AvgIpc) is 2.40. The fourth-order valence-corrected chi connectivity index (χ4v) is 1.74. The second kappa shape index (κ2) is 6.10. The number of rotatable bonds is 2. The number of nitrogens with zero attached hydrogens (tertiary/aromatic N) is 3. The van der Waals surface area contributed by atoms with Gasteiger partial charge in [0.1, 0.15) is 5.60 Å². The molecule has 0 radical (unpaired) electrons. The van der Waals surface area contributed by atoms with Crippen molar-refractivity contribution in [3.8, 4) is 0 Å². The molecule has 1 aromatic carbocycles. The number of hydrogen-bond acceptors (Lipinski definition) is 4. The normalized spacial score (nSPS) is 11.0. The molecule has 1 aromatic heterocycles. The maximum Gasteiger partial charge on any atom is 0.420 e. The smallest absolute Gasteiger partial charge is 0.420 e. The van der Waals surface area contributed by atoms with Gasteiger partial charge in [0.05, 0.1) is 5.69 Å². The molecule has 2 aromatic rings. The van der Waals surface area contributed by atoms with Gasteiger partial charge in [0, 0.05) is 0 Å². The topological polar surface area (TPSA) is 55.3 Å². The number of hydrogen-bond donors (Lipinski definition) is 0. The second-order valence-electron chi connectivity index (χ2n) is 5.37. The monoisotopic (exact) mass is 305 g/mol. The number of para-hydroxylation sites is 1. The molecule has 21 heavy (non-hydrogen) atoms. The van der Waals surface area contributed by atoms with Crippen molar-refractivity contribution in [3.63, 3.8) is 0 Å². The average molecular weight is 306 g/mol. The summed E-state index contributed by atoms with van der Waals surface area (Å²) in [6.07, 6.45) is -0.523. The van der Waals surface area contributed by atoms with Crippen LogP contribution in [0.2, 0.25) is 5.15 Å². The molecular weight excluding hydrogens is 290 g/mol. The van der Waals surface area contributed by atoms with Gasteiger partial charge in [-0.05, 0) is 45.0 Å². The van der Waals surface area contributed by atoms with Crippen LogP contribution in [0.3, 0.4) is 0 Å². The minimum Gasteiger partial charge on any atom is -0.443 e. The summed E-state index contributed by atoms with van der Waals surface area (Å²) in [7, 11) is 0. The Bertz CT molecular complexity index is 609. The van der Waals surface area contributed by atoms with Gasteiger partial charge in [0.2, 0.25) is 0 Å². The maximum absolute atomic E-state index is 12.4. The van der Waals surface area contributed by atoms with Crippen LogP contribution in [0.25, 0.3) is 0 Å². The van der Waals surface area contributed by atoms with E-state index in [-0.39, 0.29) is 5.15 Å². The highest BCUT2D eigenvalue weighted by molar-refractivity contribution is 6.29. The number of amides is 1. The molecule has 0 aliphatic heterocycles. The molecule has 0 aliphatic rings. The fourth-order valence-electron chi connectivity index (χ4n) is 1.64. The molecule has 0 aliphatic carbocycles. The zero-order valence-corrected chi connectivity index (χ0v) is 12.8. The molecular formula is C15H16ClN3O2. The predicted molar refractivity (Wildman–Crippen MR) is 81.9 cm³/mol. The molecule has 0 unspecified atom stereocenters. The van der Waals surface area contributed by atoms with Gasteiger partial charge in [-0.3, -0.25) is 0 Å². The maximum atomic E-state index is 12.4. The number of carbonyl (C=O) groups excluding carboxylic acids is 1. The van der Waals surface area contributed by atoms with Crippen LogP contribution in [0.4, 0.5) is 16.3 Å². The molecule has 5 nitrogen and oxygen atoms in total. The van der Waals surface area contributed by atoms with E-state index in [1.807, 2.05) is 39.0 Å². The Morgan fingerprint density at radius 2 is 1.76 bits per heavy atom. The first-order chi connectivity index (χ1) is 9.87. The summed E-state index contributed by atoms with van der Waals surface area (Å²) in [5.41, 5.74) is 0.0348. The van der Waals surface area contributed by atoms with Gasteiger partial charge in [0.25, 0.3) is 0 Å². The Kier molecular flexibility index (Phi) is 4.43. The lowest BCUT2D eigenvalue weighted by Crippen LogP contribution is -2.34. The van der Waals surface area contributed by atoms with E-state index < -0.39 is 11.7 Å². The van der Waals surface area contributed by atoms with E-state index in [1.165, 1.54) is 4.90 Å². The third-order valence-corrected chi connectivity index (χ3v) is 2.64. The van der Waals surface area contributed by atoms with Crippen LogP contribution in [0, 0.1) is 0 Å². The number of benzene rings is 1. The highest BCUT2D eigenvalue weighted by Crippen LogP contribution is 2.26. The number of carbonyl (C=O) groups is 1. The van der Waals surface area contributed by atoms with Gasteiger partial charge in [0.15, 0.2) is 11.0 Å². The highest BCUT2D eigenvalue weighted by atomic mass is 35.5. The van der Waals surface area contributed by atoms with E-state index in [4.69, 9.17) is 16.3 Å². The molecule has 0 saturated carbocycles. The van der Waals surface area contributed by atoms with Gasteiger partial charge in [-0.1, -0.05) is 29.8 Å². The van der Waals surface area contributed by atoms with Gasteiger partial charge in [-0.25, -0.2) is 9.69 Å². The van der Waals surface area contributed by atoms with Crippen molar-refractivity contribution < 1.29 is 9.53 Å². The lowest BCUT2D eigenvalue weighted by Gasteiger charge is -2.26. The van der Waals surface area contributed by atoms with Crippen LogP contribution < -0.4 is 4.90 Å². The van der Waals surface area contributed by atoms with Gasteiger partial charge in [-0.15, -0.1) is 10.2 Å².